The summed E-state index contributed by atoms with van der Waals surface area (Å²) < 4.78 is 1.94. The normalized spacial score (nSPS) is 16.0. The third kappa shape index (κ3) is 7.00. The Labute approximate surface area is 169 Å². The molecule has 2 heterocycles. The maximum absolute atomic E-state index is 4.35. The molecule has 1 fully saturated rings. The lowest BCUT2D eigenvalue weighted by molar-refractivity contribution is 0.282. The molecule has 0 unspecified atom stereocenters. The molecule has 152 valence electrons. The lowest BCUT2D eigenvalue weighted by Crippen LogP contribution is -2.38. The van der Waals surface area contributed by atoms with Gasteiger partial charge in [0.05, 0.1) is 6.54 Å². The van der Waals surface area contributed by atoms with Crippen molar-refractivity contribution >= 4 is 5.96 Å². The SMILES string of the molecule is CN=C(NCCCN1CCCCCC1)NCc1cccc(Cn2cccn2)c1. The van der Waals surface area contributed by atoms with Crippen LogP contribution in [0.4, 0.5) is 0 Å². The molecular weight excluding hydrogens is 348 g/mol. The summed E-state index contributed by atoms with van der Waals surface area (Å²) in [4.78, 5) is 6.96. The van der Waals surface area contributed by atoms with E-state index in [1.54, 1.807) is 0 Å². The first-order chi connectivity index (χ1) is 13.8. The smallest absolute Gasteiger partial charge is 0.191 e. The molecule has 1 aliphatic rings. The van der Waals surface area contributed by atoms with Gasteiger partial charge in [-0.25, -0.2) is 0 Å². The molecule has 6 nitrogen and oxygen atoms in total. The maximum Gasteiger partial charge on any atom is 0.191 e. The maximum atomic E-state index is 4.35. The second-order valence-electron chi connectivity index (χ2n) is 7.49. The summed E-state index contributed by atoms with van der Waals surface area (Å²) in [6, 6.07) is 10.6. The molecule has 0 atom stereocenters. The van der Waals surface area contributed by atoms with Crippen LogP contribution < -0.4 is 10.6 Å². The van der Waals surface area contributed by atoms with Crippen LogP contribution in [-0.2, 0) is 13.1 Å². The minimum absolute atomic E-state index is 0.763. The number of aromatic nitrogens is 2. The molecule has 0 radical (unpaired) electrons. The van der Waals surface area contributed by atoms with Crippen molar-refractivity contribution < 1.29 is 0 Å². The number of rotatable bonds is 8. The Morgan fingerprint density at radius 2 is 1.89 bits per heavy atom. The van der Waals surface area contributed by atoms with Gasteiger partial charge in [-0.1, -0.05) is 37.1 Å². The van der Waals surface area contributed by atoms with Crippen molar-refractivity contribution in [2.75, 3.05) is 33.2 Å². The second-order valence-corrected chi connectivity index (χ2v) is 7.49. The molecule has 0 aliphatic carbocycles. The summed E-state index contributed by atoms with van der Waals surface area (Å²) in [5, 5.41) is 11.1. The highest BCUT2D eigenvalue weighted by molar-refractivity contribution is 5.79. The first-order valence-corrected chi connectivity index (χ1v) is 10.6. The highest BCUT2D eigenvalue weighted by Crippen LogP contribution is 2.09. The van der Waals surface area contributed by atoms with E-state index in [2.05, 4.69) is 49.9 Å². The molecule has 3 rings (SSSR count). The van der Waals surface area contributed by atoms with Crippen LogP contribution in [0.5, 0.6) is 0 Å². The first-order valence-electron chi connectivity index (χ1n) is 10.6. The standard InChI is InChI=1S/C22H34N6/c1-23-22(24-11-7-15-27-13-4-2-3-5-14-27)25-18-20-9-6-10-21(17-20)19-28-16-8-12-26-28/h6,8-10,12,16-17H,2-5,7,11,13-15,18-19H2,1H3,(H2,23,24,25). The van der Waals surface area contributed by atoms with Gasteiger partial charge in [0, 0.05) is 32.5 Å². The summed E-state index contributed by atoms with van der Waals surface area (Å²) in [6.07, 6.45) is 10.5. The van der Waals surface area contributed by atoms with Crippen molar-refractivity contribution in [2.45, 2.75) is 45.2 Å². The fourth-order valence-corrected chi connectivity index (χ4v) is 3.69. The van der Waals surface area contributed by atoms with Crippen LogP contribution in [0.2, 0.25) is 0 Å². The van der Waals surface area contributed by atoms with Gasteiger partial charge < -0.3 is 15.5 Å². The molecule has 6 heteroatoms. The highest BCUT2D eigenvalue weighted by Gasteiger charge is 2.08. The van der Waals surface area contributed by atoms with Crippen LogP contribution in [-0.4, -0.2) is 53.9 Å². The number of guanidine groups is 1. The van der Waals surface area contributed by atoms with Crippen molar-refractivity contribution in [3.05, 3.63) is 53.9 Å². The van der Waals surface area contributed by atoms with Gasteiger partial charge in [-0.15, -0.1) is 0 Å². The lowest BCUT2D eigenvalue weighted by Gasteiger charge is -2.20. The molecule has 1 aliphatic heterocycles. The molecular formula is C22H34N6. The summed E-state index contributed by atoms with van der Waals surface area (Å²) >= 11 is 0. The molecule has 0 saturated carbocycles. The van der Waals surface area contributed by atoms with Crippen LogP contribution >= 0.6 is 0 Å². The molecule has 28 heavy (non-hydrogen) atoms. The Morgan fingerprint density at radius 1 is 1.07 bits per heavy atom. The minimum atomic E-state index is 0.763. The van der Waals surface area contributed by atoms with Gasteiger partial charge in [0.1, 0.15) is 0 Å². The fraction of sp³-hybridized carbons (Fsp3) is 0.545. The minimum Gasteiger partial charge on any atom is -0.356 e. The van der Waals surface area contributed by atoms with E-state index >= 15 is 0 Å². The number of aliphatic imine (C=N–C) groups is 1. The zero-order chi connectivity index (χ0) is 19.4. The Bertz CT molecular complexity index is 702. The molecule has 1 aromatic heterocycles. The van der Waals surface area contributed by atoms with E-state index in [1.807, 2.05) is 30.2 Å². The zero-order valence-electron chi connectivity index (χ0n) is 17.1. The predicted octanol–water partition coefficient (Wildman–Crippen LogP) is 2.86. The van der Waals surface area contributed by atoms with Crippen molar-refractivity contribution in [2.24, 2.45) is 4.99 Å². The molecule has 0 bridgehead atoms. The van der Waals surface area contributed by atoms with Crippen molar-refractivity contribution in [3.63, 3.8) is 0 Å². The van der Waals surface area contributed by atoms with E-state index in [-0.39, 0.29) is 0 Å². The molecule has 1 aromatic carbocycles. The number of nitrogens with one attached hydrogen (secondary N) is 2. The molecule has 1 saturated heterocycles. The van der Waals surface area contributed by atoms with E-state index < -0.39 is 0 Å². The van der Waals surface area contributed by atoms with Gasteiger partial charge in [0.25, 0.3) is 0 Å². The van der Waals surface area contributed by atoms with E-state index in [1.165, 1.54) is 56.4 Å². The summed E-state index contributed by atoms with van der Waals surface area (Å²) in [5.41, 5.74) is 2.50. The molecule has 2 N–H and O–H groups in total. The monoisotopic (exact) mass is 382 g/mol. The van der Waals surface area contributed by atoms with Gasteiger partial charge in [0.2, 0.25) is 0 Å². The predicted molar refractivity (Wildman–Crippen MR) is 115 cm³/mol. The highest BCUT2D eigenvalue weighted by atomic mass is 15.3. The van der Waals surface area contributed by atoms with E-state index in [4.69, 9.17) is 0 Å². The number of nitrogens with zero attached hydrogens (tertiary/aromatic N) is 4. The molecule has 0 amide bonds. The Hall–Kier alpha value is -2.34. The third-order valence-electron chi connectivity index (χ3n) is 5.22. The topological polar surface area (TPSA) is 57.5 Å². The van der Waals surface area contributed by atoms with Crippen molar-refractivity contribution in [1.82, 2.24) is 25.3 Å². The number of hydrogen-bond donors (Lipinski definition) is 2. The van der Waals surface area contributed by atoms with Crippen LogP contribution in [0.3, 0.4) is 0 Å². The van der Waals surface area contributed by atoms with Crippen LogP contribution in [0.1, 0.15) is 43.2 Å². The third-order valence-corrected chi connectivity index (χ3v) is 5.22. The van der Waals surface area contributed by atoms with Gasteiger partial charge in [0.15, 0.2) is 5.96 Å². The zero-order valence-corrected chi connectivity index (χ0v) is 17.1. The van der Waals surface area contributed by atoms with Gasteiger partial charge in [-0.2, -0.15) is 5.10 Å². The quantitative estimate of drug-likeness (QED) is 0.419. The first kappa shape index (κ1) is 20.4. The van der Waals surface area contributed by atoms with Gasteiger partial charge in [-0.05, 0) is 56.1 Å². The van der Waals surface area contributed by atoms with Gasteiger partial charge >= 0.3 is 0 Å². The Kier molecular flexibility index (Phi) is 8.37. The number of hydrogen-bond acceptors (Lipinski definition) is 3. The average molecular weight is 383 g/mol. The average Bonchev–Trinajstić information content (AvgIpc) is 3.08. The Balaban J connectivity index is 1.37. The van der Waals surface area contributed by atoms with Crippen LogP contribution in [0, 0.1) is 0 Å². The van der Waals surface area contributed by atoms with Crippen LogP contribution in [0.15, 0.2) is 47.7 Å². The van der Waals surface area contributed by atoms with E-state index in [0.717, 1.165) is 32.0 Å². The fourth-order valence-electron chi connectivity index (χ4n) is 3.69. The van der Waals surface area contributed by atoms with E-state index in [9.17, 15) is 0 Å². The second kappa shape index (κ2) is 11.5. The Morgan fingerprint density at radius 3 is 2.64 bits per heavy atom. The number of benzene rings is 1. The lowest BCUT2D eigenvalue weighted by atomic mass is 10.1. The molecule has 2 aromatic rings. The van der Waals surface area contributed by atoms with Crippen molar-refractivity contribution in [1.29, 1.82) is 0 Å². The number of likely N-dealkylation sites (tertiary alicyclic amines) is 1. The van der Waals surface area contributed by atoms with E-state index in [0.29, 0.717) is 0 Å². The van der Waals surface area contributed by atoms with Crippen LogP contribution in [0.25, 0.3) is 0 Å². The van der Waals surface area contributed by atoms with Gasteiger partial charge in [-0.3, -0.25) is 9.67 Å². The largest absolute Gasteiger partial charge is 0.356 e. The summed E-state index contributed by atoms with van der Waals surface area (Å²) in [5.74, 6) is 0.869. The summed E-state index contributed by atoms with van der Waals surface area (Å²) in [6.45, 7) is 6.22. The van der Waals surface area contributed by atoms with Crippen molar-refractivity contribution in [3.8, 4) is 0 Å². The molecule has 0 spiro atoms. The summed E-state index contributed by atoms with van der Waals surface area (Å²) in [7, 11) is 1.83.